The summed E-state index contributed by atoms with van der Waals surface area (Å²) < 4.78 is 0. The third-order valence-corrected chi connectivity index (χ3v) is 21.1. The fourth-order valence-corrected chi connectivity index (χ4v) is 13.4. The largest absolute Gasteiger partial charge is 0.508 e. The van der Waals surface area contributed by atoms with Crippen LogP contribution >= 0.6 is 0 Å². The Morgan fingerprint density at radius 3 is 1.34 bits per heavy atom. The number of nitrogens with zero attached hydrogens (tertiary/aromatic N) is 3. The fourth-order valence-electron chi connectivity index (χ4n) is 13.4. The Morgan fingerprint density at radius 2 is 0.862 bits per heavy atom. The molecule has 1 aromatic carbocycles. The van der Waals surface area contributed by atoms with Gasteiger partial charge in [-0.15, -0.1) is 0 Å². The summed E-state index contributed by atoms with van der Waals surface area (Å²) in [5, 5.41) is 68.8. The van der Waals surface area contributed by atoms with E-state index in [0.29, 0.717) is 82.9 Å². The summed E-state index contributed by atoms with van der Waals surface area (Å²) in [4.78, 5) is 217. The Morgan fingerprint density at radius 1 is 0.466 bits per heavy atom. The lowest BCUT2D eigenvalue weighted by Gasteiger charge is -2.33. The Labute approximate surface area is 678 Å². The zero-order chi connectivity index (χ0) is 87.1. The summed E-state index contributed by atoms with van der Waals surface area (Å²) in [5.41, 5.74) is 35.0. The molecule has 2 aliphatic rings. The van der Waals surface area contributed by atoms with Gasteiger partial charge in [-0.2, -0.15) is 0 Å². The Kier molecular flexibility index (Phi) is 44.9. The fraction of sp³-hybridized carbons (Fsp3) is 0.714. The number of aliphatic imine (C=N–C) groups is 1. The van der Waals surface area contributed by atoms with Crippen LogP contribution in [0.5, 0.6) is 5.75 Å². The number of aliphatic carboxylic acids is 2. The van der Waals surface area contributed by atoms with Crippen LogP contribution in [0, 0.1) is 23.7 Å². The van der Waals surface area contributed by atoms with Gasteiger partial charge in [-0.05, 0) is 164 Å². The molecule has 0 bridgehead atoms. The van der Waals surface area contributed by atoms with Crippen LogP contribution in [0.3, 0.4) is 0 Å². The summed E-state index contributed by atoms with van der Waals surface area (Å²) >= 11 is 0. The number of aromatic hydroxyl groups is 1. The van der Waals surface area contributed by atoms with Gasteiger partial charge in [0.2, 0.25) is 76.8 Å². The number of nitrogens with one attached hydrogen (secondary N) is 11. The van der Waals surface area contributed by atoms with Crippen molar-refractivity contribution >= 4 is 94.7 Å². The molecule has 0 aromatic heterocycles. The first-order chi connectivity index (χ1) is 54.9. The van der Waals surface area contributed by atoms with Crippen LogP contribution in [-0.4, -0.2) is 255 Å². The molecule has 1 aromatic rings. The molecule has 2 aliphatic heterocycles. The first-order valence-corrected chi connectivity index (χ1v) is 40.6. The lowest BCUT2D eigenvalue weighted by Crippen LogP contribution is -2.62. The topological polar surface area (TPSA) is 644 Å². The average Bonchev–Trinajstić information content (AvgIpc) is 1.64. The van der Waals surface area contributed by atoms with Gasteiger partial charge < -0.3 is 123 Å². The van der Waals surface area contributed by atoms with E-state index < -0.39 is 211 Å². The molecule has 2 heterocycles. The lowest BCUT2D eigenvalue weighted by molar-refractivity contribution is -0.148. The minimum Gasteiger partial charge on any atom is -0.508 e. The van der Waals surface area contributed by atoms with Crippen molar-refractivity contribution in [2.24, 2.45) is 63.1 Å². The second-order valence-electron chi connectivity index (χ2n) is 30.6. The number of rotatable bonds is 54. The third kappa shape index (κ3) is 33.0. The van der Waals surface area contributed by atoms with Crippen molar-refractivity contribution < 1.29 is 92.3 Å². The van der Waals surface area contributed by atoms with Crippen LogP contribution in [0.1, 0.15) is 196 Å². The molecule has 654 valence electrons. The Balaban J connectivity index is 1.90. The number of phenolic OH excluding ortho intramolecular Hbond substituents is 1. The quantitative estimate of drug-likeness (QED) is 0.0173. The summed E-state index contributed by atoms with van der Waals surface area (Å²) in [6, 6.07) is -13.3. The van der Waals surface area contributed by atoms with Gasteiger partial charge in [-0.3, -0.25) is 72.1 Å². The number of benzene rings is 1. The van der Waals surface area contributed by atoms with Gasteiger partial charge in [0.15, 0.2) is 5.96 Å². The van der Waals surface area contributed by atoms with Gasteiger partial charge in [-0.25, -0.2) is 4.79 Å². The molecule has 2 saturated heterocycles. The SMILES string of the molecule is CC[C@H](C)[C@H](NC(=O)[C@H](CCCCN)NC(=O)[C@@H](NC(=O)[C@@H](N)CCCCN)[C@@H](C)CC)C(=O)N[C@H](C(=O)N[C@@H](C)C(=O)N1CCC[C@H]1C(=O)N1CCC[C@H]1C(=O)N[C@@H](CCC(=O)O)C(=O)N[C@@H](CCCN=C(N)N)C(=O)N[C@@H](CCCCN)C(=O)N[C@@H](Cc1ccc(O)cc1)C(=O)N[C@@H](CO)C(=O)N[C@H](C(=O)O)C(C)C)[C@@H](C)CC. The number of carbonyl (C=O) groups is 15. The molecule has 116 heavy (non-hydrogen) atoms. The number of carbonyl (C=O) groups excluding carboxylic acids is 13. The molecule has 0 radical (unpaired) electrons. The summed E-state index contributed by atoms with van der Waals surface area (Å²) in [7, 11) is 0. The normalized spacial score (nSPS) is 17.8. The number of aliphatic hydroxyl groups is 1. The summed E-state index contributed by atoms with van der Waals surface area (Å²) in [6.07, 6.45) is 3.36. The number of aliphatic hydroxyl groups excluding tert-OH is 1. The zero-order valence-corrected chi connectivity index (χ0v) is 68.7. The summed E-state index contributed by atoms with van der Waals surface area (Å²) in [6.45, 7) is 15.0. The first-order valence-electron chi connectivity index (χ1n) is 40.6. The molecular formula is C77H132N20O19. The molecule has 3 rings (SSSR count). The van der Waals surface area contributed by atoms with Gasteiger partial charge in [-0.1, -0.05) is 93.2 Å². The van der Waals surface area contributed by atoms with E-state index in [1.54, 1.807) is 34.6 Å². The lowest BCUT2D eigenvalue weighted by atomic mass is 9.94. The maximum atomic E-state index is 14.8. The van der Waals surface area contributed by atoms with Crippen molar-refractivity contribution in [1.29, 1.82) is 0 Å². The minimum atomic E-state index is -1.72. The van der Waals surface area contributed by atoms with Crippen LogP contribution in [0.15, 0.2) is 29.3 Å². The van der Waals surface area contributed by atoms with Crippen LogP contribution in [0.25, 0.3) is 0 Å². The van der Waals surface area contributed by atoms with Crippen molar-refractivity contribution in [2.45, 2.75) is 282 Å². The number of carboxylic acids is 2. The molecule has 0 spiro atoms. The molecule has 17 atom stereocenters. The van der Waals surface area contributed by atoms with Crippen molar-refractivity contribution in [3.63, 3.8) is 0 Å². The molecule has 39 nitrogen and oxygen atoms in total. The van der Waals surface area contributed by atoms with E-state index >= 15 is 0 Å². The van der Waals surface area contributed by atoms with E-state index in [9.17, 15) is 92.3 Å². The van der Waals surface area contributed by atoms with E-state index in [1.807, 2.05) is 6.92 Å². The zero-order valence-electron chi connectivity index (χ0n) is 68.7. The average molecular weight is 1640 g/mol. The van der Waals surface area contributed by atoms with Crippen LogP contribution in [0.4, 0.5) is 0 Å². The van der Waals surface area contributed by atoms with Gasteiger partial charge >= 0.3 is 11.9 Å². The van der Waals surface area contributed by atoms with Gasteiger partial charge in [0.25, 0.3) is 0 Å². The van der Waals surface area contributed by atoms with E-state index in [0.717, 1.165) is 0 Å². The van der Waals surface area contributed by atoms with E-state index in [-0.39, 0.29) is 102 Å². The molecule has 39 heteroatoms. The van der Waals surface area contributed by atoms with Gasteiger partial charge in [0, 0.05) is 32.5 Å². The number of likely N-dealkylation sites (tertiary alicyclic amines) is 2. The number of carboxylic acid groups (broad SMARTS) is 2. The molecule has 27 N–H and O–H groups in total. The predicted octanol–water partition coefficient (Wildman–Crippen LogP) is -3.23. The molecule has 0 saturated carbocycles. The second-order valence-corrected chi connectivity index (χ2v) is 30.6. The standard InChI is InChI=1S/C77H132N20O19/c1-10-43(6)60(95-73(112)62(45(8)12-3)94-67(106)51(24-15-18-36-80)89-72(111)61(44(7)11-2)93-63(102)49(81)22-13-16-34-78)71(110)85-46(9)74(113)97-39-21-27-57(97)75(114)96-38-20-26-56(96)70(109)88-53(32-33-58(100)101)66(105)87-52(25-19-37-84-77(82)83)64(103)86-50(23-14-17-35-79)65(104)90-54(40-47-28-30-48(99)31-29-47)68(107)91-55(41-98)69(108)92-59(42(4)5)76(115)116/h28-31,42-46,49-57,59-62,98-99H,10-27,32-41,78-81H2,1-9H3,(H,85,110)(H,86,103)(H,87,105)(H,88,109)(H,89,111)(H,90,104)(H,91,107)(H,92,108)(H,93,102)(H,94,106)(H,95,112)(H,100,101)(H,115,116)(H4,82,83,84)/t43-,44-,45-,46-,49-,50-,51-,52-,53-,54-,55-,56-,57-,59-,60-,61-,62-/m0/s1. The van der Waals surface area contributed by atoms with Crippen LogP contribution in [-0.2, 0) is 78.3 Å². The third-order valence-electron chi connectivity index (χ3n) is 21.1. The first kappa shape index (κ1) is 100. The van der Waals surface area contributed by atoms with Crippen molar-refractivity contribution in [3.8, 4) is 5.75 Å². The summed E-state index contributed by atoms with van der Waals surface area (Å²) in [5.74, 6) is -15.9. The predicted molar refractivity (Wildman–Crippen MR) is 430 cm³/mol. The number of hydrogen-bond donors (Lipinski definition) is 21. The van der Waals surface area contributed by atoms with Crippen molar-refractivity contribution in [2.75, 3.05) is 45.9 Å². The van der Waals surface area contributed by atoms with Gasteiger partial charge in [0.05, 0.1) is 12.6 Å². The monoisotopic (exact) mass is 1640 g/mol. The second kappa shape index (κ2) is 52.0. The van der Waals surface area contributed by atoms with Crippen molar-refractivity contribution in [1.82, 2.24) is 68.3 Å². The smallest absolute Gasteiger partial charge is 0.326 e. The molecule has 2 fully saturated rings. The maximum absolute atomic E-state index is 14.8. The number of hydrogen-bond acceptors (Lipinski definition) is 22. The van der Waals surface area contributed by atoms with Crippen LogP contribution < -0.4 is 92.9 Å². The maximum Gasteiger partial charge on any atom is 0.326 e. The highest BCUT2D eigenvalue weighted by atomic mass is 16.4. The molecule has 0 unspecified atom stereocenters. The number of nitrogens with two attached hydrogens (primary N) is 6. The highest BCUT2D eigenvalue weighted by Gasteiger charge is 2.45. The van der Waals surface area contributed by atoms with Gasteiger partial charge in [0.1, 0.15) is 84.3 Å². The minimum absolute atomic E-state index is 0.0109. The number of guanidine groups is 1. The van der Waals surface area contributed by atoms with E-state index in [1.165, 1.54) is 54.8 Å². The Hall–Kier alpha value is -9.86. The van der Waals surface area contributed by atoms with Crippen LogP contribution in [0.2, 0.25) is 0 Å². The van der Waals surface area contributed by atoms with E-state index in [4.69, 9.17) is 34.4 Å². The number of phenols is 1. The highest BCUT2D eigenvalue weighted by molar-refractivity contribution is 6.00. The van der Waals surface area contributed by atoms with E-state index in [2.05, 4.69) is 63.5 Å². The number of amides is 13. The van der Waals surface area contributed by atoms with Crippen molar-refractivity contribution in [3.05, 3.63) is 29.8 Å². The molecule has 0 aliphatic carbocycles. The number of unbranched alkanes of at least 4 members (excludes halogenated alkanes) is 3. The molecule has 13 amide bonds. The highest BCUT2D eigenvalue weighted by Crippen LogP contribution is 2.27. The Bertz CT molecular complexity index is 3440. The molecular weight excluding hydrogens is 1510 g/mol.